The zero-order chi connectivity index (χ0) is 24.4. The molecular formula is C23H35ClO8. The van der Waals surface area contributed by atoms with Crippen molar-refractivity contribution < 1.29 is 38.1 Å². The van der Waals surface area contributed by atoms with Crippen LogP contribution in [0.3, 0.4) is 0 Å². The van der Waals surface area contributed by atoms with Gasteiger partial charge in [-0.1, -0.05) is 36.0 Å². The van der Waals surface area contributed by atoms with Gasteiger partial charge in [-0.15, -0.1) is 11.6 Å². The van der Waals surface area contributed by atoms with Crippen LogP contribution in [-0.2, 0) is 38.1 Å². The highest BCUT2D eigenvalue weighted by Gasteiger charge is 2.29. The van der Waals surface area contributed by atoms with Crippen LogP contribution in [-0.4, -0.2) is 65.1 Å². The van der Waals surface area contributed by atoms with Crippen LogP contribution in [0.1, 0.15) is 32.6 Å². The summed E-state index contributed by atoms with van der Waals surface area (Å²) in [6.45, 7) is 1.97. The lowest BCUT2D eigenvalue weighted by Crippen LogP contribution is -2.31. The van der Waals surface area contributed by atoms with E-state index in [1.54, 1.807) is 24.3 Å². The minimum atomic E-state index is -0.957. The van der Waals surface area contributed by atoms with E-state index in [9.17, 15) is 14.4 Å². The number of rotatable bonds is 16. The topological polar surface area (TPSA) is 97.4 Å². The largest absolute Gasteiger partial charge is 0.468 e. The first-order valence-corrected chi connectivity index (χ1v) is 10.8. The van der Waals surface area contributed by atoms with E-state index in [1.165, 1.54) is 28.4 Å². The van der Waals surface area contributed by atoms with Crippen LogP contribution >= 0.6 is 11.6 Å². The molecule has 0 amide bonds. The van der Waals surface area contributed by atoms with Crippen molar-refractivity contribution in [1.82, 2.24) is 0 Å². The fraction of sp³-hybridized carbons (Fsp3) is 0.609. The maximum Gasteiger partial charge on any atom is 0.320 e. The quantitative estimate of drug-likeness (QED) is 0.0636. The Bertz CT molecular complexity index is 640. The maximum atomic E-state index is 12.3. The highest BCUT2D eigenvalue weighted by atomic mass is 35.5. The van der Waals surface area contributed by atoms with E-state index in [1.807, 2.05) is 13.0 Å². The molecule has 0 spiro atoms. The summed E-state index contributed by atoms with van der Waals surface area (Å²) in [5, 5.41) is 0. The third-order valence-corrected chi connectivity index (χ3v) is 4.85. The molecule has 8 nitrogen and oxygen atoms in total. The monoisotopic (exact) mass is 474 g/mol. The number of allylic oxidation sites excluding steroid dienone is 5. The SMILES string of the molecule is COCO[C@H](CC/C(C)=C\CCC(C(=O)OC)C(=O)OC)[C@H](/C=C/C=C/CCl)C(=O)OC. The summed E-state index contributed by atoms with van der Waals surface area (Å²) in [7, 11) is 5.30. The smallest absolute Gasteiger partial charge is 0.320 e. The Labute approximate surface area is 195 Å². The van der Waals surface area contributed by atoms with E-state index in [0.717, 1.165) is 5.57 Å². The van der Waals surface area contributed by atoms with Gasteiger partial charge in [0.25, 0.3) is 0 Å². The molecule has 182 valence electrons. The lowest BCUT2D eigenvalue weighted by atomic mass is 9.95. The molecule has 0 bridgehead atoms. The Morgan fingerprint density at radius 1 is 0.906 bits per heavy atom. The minimum absolute atomic E-state index is 0.0339. The van der Waals surface area contributed by atoms with Crippen molar-refractivity contribution in [2.45, 2.75) is 38.7 Å². The maximum absolute atomic E-state index is 12.3. The fourth-order valence-electron chi connectivity index (χ4n) is 2.91. The number of ether oxygens (including phenoxy) is 5. The van der Waals surface area contributed by atoms with Gasteiger partial charge >= 0.3 is 17.9 Å². The van der Waals surface area contributed by atoms with Gasteiger partial charge in [0.15, 0.2) is 5.92 Å². The van der Waals surface area contributed by atoms with E-state index >= 15 is 0 Å². The average molecular weight is 475 g/mol. The summed E-state index contributed by atoms with van der Waals surface area (Å²) >= 11 is 5.62. The number of halogens is 1. The summed E-state index contributed by atoms with van der Waals surface area (Å²) in [5.41, 5.74) is 1.03. The molecule has 0 aromatic heterocycles. The van der Waals surface area contributed by atoms with E-state index in [0.29, 0.717) is 25.1 Å². The van der Waals surface area contributed by atoms with Crippen LogP contribution in [0.4, 0.5) is 0 Å². The molecule has 32 heavy (non-hydrogen) atoms. The zero-order valence-electron chi connectivity index (χ0n) is 19.5. The number of carbonyl (C=O) groups is 3. The van der Waals surface area contributed by atoms with Crippen molar-refractivity contribution >= 4 is 29.5 Å². The number of hydrogen-bond acceptors (Lipinski definition) is 8. The molecule has 0 unspecified atom stereocenters. The molecule has 0 saturated heterocycles. The van der Waals surface area contributed by atoms with Gasteiger partial charge in [-0.3, -0.25) is 14.4 Å². The van der Waals surface area contributed by atoms with Gasteiger partial charge in [0.2, 0.25) is 0 Å². The molecule has 0 heterocycles. The van der Waals surface area contributed by atoms with Crippen molar-refractivity contribution in [3.63, 3.8) is 0 Å². The molecule has 9 heteroatoms. The van der Waals surface area contributed by atoms with Crippen molar-refractivity contribution in [2.75, 3.05) is 41.1 Å². The van der Waals surface area contributed by atoms with Gasteiger partial charge in [0.1, 0.15) is 12.7 Å². The number of methoxy groups -OCH3 is 4. The third-order valence-electron chi connectivity index (χ3n) is 4.67. The van der Waals surface area contributed by atoms with Crippen LogP contribution in [0, 0.1) is 11.8 Å². The van der Waals surface area contributed by atoms with Gasteiger partial charge in [-0.25, -0.2) is 0 Å². The molecule has 0 aromatic rings. The second kappa shape index (κ2) is 18.4. The predicted molar refractivity (Wildman–Crippen MR) is 121 cm³/mol. The van der Waals surface area contributed by atoms with Gasteiger partial charge < -0.3 is 23.7 Å². The molecule has 0 aliphatic carbocycles. The highest BCUT2D eigenvalue weighted by molar-refractivity contribution is 6.18. The Morgan fingerprint density at radius 2 is 1.53 bits per heavy atom. The lowest BCUT2D eigenvalue weighted by Gasteiger charge is -2.23. The number of carbonyl (C=O) groups excluding carboxylic acids is 3. The first-order chi connectivity index (χ1) is 15.4. The molecule has 0 fully saturated rings. The molecule has 0 aromatic carbocycles. The molecule has 0 aliphatic rings. The Morgan fingerprint density at radius 3 is 2.06 bits per heavy atom. The van der Waals surface area contributed by atoms with Crippen molar-refractivity contribution in [3.8, 4) is 0 Å². The van der Waals surface area contributed by atoms with Crippen LogP contribution < -0.4 is 0 Å². The molecule has 0 aliphatic heterocycles. The highest BCUT2D eigenvalue weighted by Crippen LogP contribution is 2.21. The van der Waals surface area contributed by atoms with E-state index in [-0.39, 0.29) is 13.2 Å². The summed E-state index contributed by atoms with van der Waals surface area (Å²) in [6, 6.07) is 0. The first-order valence-electron chi connectivity index (χ1n) is 10.2. The molecular weight excluding hydrogens is 440 g/mol. The average Bonchev–Trinajstić information content (AvgIpc) is 2.81. The Balaban J connectivity index is 5.15. The van der Waals surface area contributed by atoms with Crippen LogP contribution in [0.2, 0.25) is 0 Å². The Kier molecular flexibility index (Phi) is 17.2. The van der Waals surface area contributed by atoms with E-state index < -0.39 is 35.8 Å². The van der Waals surface area contributed by atoms with Gasteiger partial charge in [0, 0.05) is 13.0 Å². The number of esters is 3. The Hall–Kier alpha value is -2.16. The summed E-state index contributed by atoms with van der Waals surface area (Å²) in [6.07, 6.45) is 10.4. The first kappa shape index (κ1) is 29.8. The standard InChI is InChI=1S/C23H35ClO8/c1-17(10-9-12-19(22(26)30-4)23(27)31-5)13-14-20(32-16-28-2)18(21(25)29-3)11-7-6-8-15-24/h6-8,10-11,18-20H,9,12-16H2,1-5H3/b8-6+,11-7+,17-10-/t18-,20+/m0/s1. The second-order valence-corrected chi connectivity index (χ2v) is 7.20. The van der Waals surface area contributed by atoms with Crippen molar-refractivity contribution in [1.29, 1.82) is 0 Å². The molecule has 0 N–H and O–H groups in total. The van der Waals surface area contributed by atoms with Gasteiger partial charge in [0.05, 0.1) is 27.4 Å². The minimum Gasteiger partial charge on any atom is -0.468 e. The van der Waals surface area contributed by atoms with Crippen LogP contribution in [0.5, 0.6) is 0 Å². The van der Waals surface area contributed by atoms with E-state index in [4.69, 9.17) is 25.8 Å². The molecule has 0 radical (unpaired) electrons. The van der Waals surface area contributed by atoms with Gasteiger partial charge in [-0.2, -0.15) is 0 Å². The predicted octanol–water partition coefficient (Wildman–Crippen LogP) is 3.58. The molecule has 0 rings (SSSR count). The number of hydrogen-bond donors (Lipinski definition) is 0. The summed E-state index contributed by atoms with van der Waals surface area (Å²) in [4.78, 5) is 35.8. The number of alkyl halides is 1. The van der Waals surface area contributed by atoms with Crippen LogP contribution in [0.15, 0.2) is 36.0 Å². The van der Waals surface area contributed by atoms with Crippen molar-refractivity contribution in [3.05, 3.63) is 36.0 Å². The summed E-state index contributed by atoms with van der Waals surface area (Å²) < 4.78 is 25.0. The molecule has 0 saturated carbocycles. The normalized spacial score (nSPS) is 14.0. The summed E-state index contributed by atoms with van der Waals surface area (Å²) in [5.74, 6) is -2.86. The zero-order valence-corrected chi connectivity index (χ0v) is 20.3. The fourth-order valence-corrected chi connectivity index (χ4v) is 3.01. The van der Waals surface area contributed by atoms with Crippen molar-refractivity contribution in [2.24, 2.45) is 11.8 Å². The molecule has 2 atom stereocenters. The van der Waals surface area contributed by atoms with E-state index in [2.05, 4.69) is 9.47 Å². The third kappa shape index (κ3) is 12.0. The van der Waals surface area contributed by atoms with Gasteiger partial charge in [-0.05, 0) is 32.6 Å². The second-order valence-electron chi connectivity index (χ2n) is 6.89. The van der Waals surface area contributed by atoms with Crippen LogP contribution in [0.25, 0.3) is 0 Å². The lowest BCUT2D eigenvalue weighted by molar-refractivity contribution is -0.159.